The van der Waals surface area contributed by atoms with Gasteiger partial charge in [0, 0.05) is 39.2 Å². The van der Waals surface area contributed by atoms with E-state index in [1.54, 1.807) is 0 Å². The number of allylic oxidation sites excluding steroid dienone is 2. The lowest BCUT2D eigenvalue weighted by Gasteiger charge is -2.34. The second-order valence-electron chi connectivity index (χ2n) is 12.8. The molecule has 4 aliphatic rings. The molecule has 0 N–H and O–H groups in total. The van der Waals surface area contributed by atoms with Crippen LogP contribution in [0, 0.1) is 0 Å². The number of aromatic nitrogens is 1. The van der Waals surface area contributed by atoms with Crippen LogP contribution in [0.5, 0.6) is 23.0 Å². The standard InChI is InChI=1S/C42H27BN2O2/c1-5-14-34-28(10-1)29-11-2-6-15-35(29)44(34)26-20-22-38-32(24-26)43-33-25-27(21-23-39(33)47-41-19-9-18-40(46-38)42(41)43)45-36-16-7-3-12-30(36)31-13-4-8-17-37(31)45/h1-25,28,34H. The number of nitrogens with zero attached hydrogens (tertiary/aromatic N) is 2. The number of ether oxygens (including phenoxy) is 2. The highest BCUT2D eigenvalue weighted by Gasteiger charge is 2.42. The zero-order chi connectivity index (χ0) is 30.6. The maximum Gasteiger partial charge on any atom is 0.260 e. The van der Waals surface area contributed by atoms with E-state index in [1.807, 2.05) is 6.07 Å². The summed E-state index contributed by atoms with van der Waals surface area (Å²) in [4.78, 5) is 2.50. The first kappa shape index (κ1) is 25.3. The minimum atomic E-state index is -0.0443. The molecule has 4 heterocycles. The van der Waals surface area contributed by atoms with Crippen molar-refractivity contribution in [3.8, 4) is 28.7 Å². The van der Waals surface area contributed by atoms with E-state index in [-0.39, 0.29) is 12.8 Å². The first-order chi connectivity index (χ1) is 23.3. The largest absolute Gasteiger partial charge is 0.458 e. The summed E-state index contributed by atoms with van der Waals surface area (Å²) in [6.45, 7) is -0.0443. The molecular weight excluding hydrogens is 575 g/mol. The van der Waals surface area contributed by atoms with Crippen molar-refractivity contribution in [3.63, 3.8) is 0 Å². The molecule has 47 heavy (non-hydrogen) atoms. The molecule has 5 heteroatoms. The molecular formula is C42H27BN2O2. The molecule has 0 saturated heterocycles. The molecule has 2 unspecified atom stereocenters. The van der Waals surface area contributed by atoms with Gasteiger partial charge in [-0.05, 0) is 83.2 Å². The smallest absolute Gasteiger partial charge is 0.260 e. The Morgan fingerprint density at radius 3 is 1.89 bits per heavy atom. The van der Waals surface area contributed by atoms with Crippen molar-refractivity contribution in [1.82, 2.24) is 4.57 Å². The Kier molecular flexibility index (Phi) is 5.00. The summed E-state index contributed by atoms with van der Waals surface area (Å²) >= 11 is 0. The highest BCUT2D eigenvalue weighted by molar-refractivity contribution is 6.98. The van der Waals surface area contributed by atoms with E-state index in [4.69, 9.17) is 9.47 Å². The Balaban J connectivity index is 1.12. The van der Waals surface area contributed by atoms with E-state index >= 15 is 0 Å². The summed E-state index contributed by atoms with van der Waals surface area (Å²) in [6, 6.07) is 45.9. The second-order valence-corrected chi connectivity index (χ2v) is 12.8. The van der Waals surface area contributed by atoms with Gasteiger partial charge in [0.25, 0.3) is 6.71 Å². The van der Waals surface area contributed by atoms with Crippen LogP contribution in [0.15, 0.2) is 152 Å². The minimum Gasteiger partial charge on any atom is -0.458 e. The van der Waals surface area contributed by atoms with Crippen LogP contribution in [0.2, 0.25) is 0 Å². The Bertz CT molecular complexity index is 2460. The molecule has 0 fully saturated rings. The van der Waals surface area contributed by atoms with Crippen LogP contribution in [0.3, 0.4) is 0 Å². The highest BCUT2D eigenvalue weighted by atomic mass is 16.5. The molecule has 4 nitrogen and oxygen atoms in total. The number of hydrogen-bond donors (Lipinski definition) is 0. The van der Waals surface area contributed by atoms with Crippen molar-refractivity contribution in [2.45, 2.75) is 12.0 Å². The van der Waals surface area contributed by atoms with Gasteiger partial charge in [-0.15, -0.1) is 0 Å². The first-order valence-electron chi connectivity index (χ1n) is 16.3. The summed E-state index contributed by atoms with van der Waals surface area (Å²) in [5.74, 6) is 3.81. The zero-order valence-corrected chi connectivity index (χ0v) is 25.4. The average Bonchev–Trinajstić information content (AvgIpc) is 3.64. The molecule has 2 atom stereocenters. The van der Waals surface area contributed by atoms with Crippen molar-refractivity contribution in [1.29, 1.82) is 0 Å². The Hall–Kier alpha value is -5.94. The van der Waals surface area contributed by atoms with Gasteiger partial charge < -0.3 is 18.9 Å². The fourth-order valence-corrected chi connectivity index (χ4v) is 8.49. The Labute approximate surface area is 272 Å². The van der Waals surface area contributed by atoms with Gasteiger partial charge in [-0.1, -0.05) is 85.0 Å². The van der Waals surface area contributed by atoms with E-state index in [2.05, 4.69) is 155 Å². The number of para-hydroxylation sites is 3. The van der Waals surface area contributed by atoms with Crippen molar-refractivity contribution in [2.75, 3.05) is 4.90 Å². The molecule has 0 spiro atoms. The van der Waals surface area contributed by atoms with Crippen molar-refractivity contribution >= 4 is 56.3 Å². The molecule has 11 rings (SSSR count). The third-order valence-corrected chi connectivity index (χ3v) is 10.4. The van der Waals surface area contributed by atoms with Crippen LogP contribution in [0.25, 0.3) is 27.5 Å². The molecule has 6 aromatic carbocycles. The SMILES string of the molecule is C1=CC2c3ccccc3N(c3ccc4c(c3)B3c5cc(-n6c7ccccc7c7ccccc76)ccc5Oc5cccc(c53)O4)C2C=C1. The van der Waals surface area contributed by atoms with Crippen LogP contribution in [-0.4, -0.2) is 17.3 Å². The van der Waals surface area contributed by atoms with E-state index in [0.717, 1.165) is 45.1 Å². The van der Waals surface area contributed by atoms with Gasteiger partial charge >= 0.3 is 0 Å². The van der Waals surface area contributed by atoms with Gasteiger partial charge in [-0.25, -0.2) is 0 Å². The van der Waals surface area contributed by atoms with Gasteiger partial charge in [-0.3, -0.25) is 0 Å². The molecule has 0 radical (unpaired) electrons. The monoisotopic (exact) mass is 602 g/mol. The number of benzene rings is 6. The summed E-state index contributed by atoms with van der Waals surface area (Å²) < 4.78 is 15.6. The predicted octanol–water partition coefficient (Wildman–Crippen LogP) is 8.24. The molecule has 0 bridgehead atoms. The quantitative estimate of drug-likeness (QED) is 0.187. The first-order valence-corrected chi connectivity index (χ1v) is 16.3. The summed E-state index contributed by atoms with van der Waals surface area (Å²) in [7, 11) is 0. The molecule has 3 aliphatic heterocycles. The number of fused-ring (bicyclic) bond motifs is 10. The molecule has 7 aromatic rings. The zero-order valence-electron chi connectivity index (χ0n) is 25.4. The lowest BCUT2D eigenvalue weighted by atomic mass is 9.35. The predicted molar refractivity (Wildman–Crippen MR) is 192 cm³/mol. The molecule has 1 aromatic heterocycles. The third kappa shape index (κ3) is 3.43. The van der Waals surface area contributed by atoms with Crippen LogP contribution in [0.4, 0.5) is 11.4 Å². The van der Waals surface area contributed by atoms with Crippen LogP contribution in [-0.2, 0) is 0 Å². The summed E-state index contributed by atoms with van der Waals surface area (Å²) in [5.41, 5.74) is 10.7. The molecule has 0 amide bonds. The summed E-state index contributed by atoms with van der Waals surface area (Å²) in [6.07, 6.45) is 9.01. The third-order valence-electron chi connectivity index (χ3n) is 10.4. The second kappa shape index (κ2) is 9.30. The number of rotatable bonds is 2. The van der Waals surface area contributed by atoms with Gasteiger partial charge in [0.2, 0.25) is 0 Å². The lowest BCUT2D eigenvalue weighted by molar-refractivity contribution is 0.464. The van der Waals surface area contributed by atoms with Crippen LogP contribution < -0.4 is 30.8 Å². The lowest BCUT2D eigenvalue weighted by Crippen LogP contribution is -2.57. The van der Waals surface area contributed by atoms with Crippen LogP contribution >= 0.6 is 0 Å². The number of hydrogen-bond acceptors (Lipinski definition) is 3. The fraction of sp³-hybridized carbons (Fsp3) is 0.0476. The van der Waals surface area contributed by atoms with E-state index in [0.29, 0.717) is 5.92 Å². The van der Waals surface area contributed by atoms with Crippen molar-refractivity contribution in [3.05, 3.63) is 157 Å². The van der Waals surface area contributed by atoms with E-state index in [1.165, 1.54) is 38.7 Å². The normalized spacial score (nSPS) is 17.9. The summed E-state index contributed by atoms with van der Waals surface area (Å²) in [5, 5.41) is 2.50. The van der Waals surface area contributed by atoms with Gasteiger partial charge in [0.15, 0.2) is 0 Å². The Morgan fingerprint density at radius 1 is 0.532 bits per heavy atom. The maximum absolute atomic E-state index is 6.62. The topological polar surface area (TPSA) is 26.6 Å². The maximum atomic E-state index is 6.62. The Morgan fingerprint density at radius 2 is 1.15 bits per heavy atom. The van der Waals surface area contributed by atoms with Crippen molar-refractivity contribution in [2.24, 2.45) is 0 Å². The molecule has 0 saturated carbocycles. The van der Waals surface area contributed by atoms with E-state index in [9.17, 15) is 0 Å². The van der Waals surface area contributed by atoms with E-state index < -0.39 is 0 Å². The molecule has 1 aliphatic carbocycles. The van der Waals surface area contributed by atoms with Gasteiger partial charge in [-0.2, -0.15) is 0 Å². The molecule has 220 valence electrons. The van der Waals surface area contributed by atoms with Gasteiger partial charge in [0.05, 0.1) is 17.1 Å². The van der Waals surface area contributed by atoms with Crippen LogP contribution in [0.1, 0.15) is 11.5 Å². The minimum absolute atomic E-state index is 0.0443. The highest BCUT2D eigenvalue weighted by Crippen LogP contribution is 2.48. The fourth-order valence-electron chi connectivity index (χ4n) is 8.49. The number of anilines is 2. The van der Waals surface area contributed by atoms with Crippen molar-refractivity contribution < 1.29 is 9.47 Å². The average molecular weight is 603 g/mol. The van der Waals surface area contributed by atoms with Gasteiger partial charge in [0.1, 0.15) is 23.0 Å².